The second-order valence-corrected chi connectivity index (χ2v) is 7.29. The van der Waals surface area contributed by atoms with E-state index in [0.29, 0.717) is 5.56 Å². The summed E-state index contributed by atoms with van der Waals surface area (Å²) in [6, 6.07) is 19.8. The lowest BCUT2D eigenvalue weighted by atomic mass is 10.1. The third-order valence-electron chi connectivity index (χ3n) is 4.80. The van der Waals surface area contributed by atoms with Gasteiger partial charge in [0.15, 0.2) is 0 Å². The number of rotatable bonds is 5. The maximum absolute atomic E-state index is 12.8. The predicted octanol–water partition coefficient (Wildman–Crippen LogP) is 4.92. The number of aromatic nitrogens is 3. The Kier molecular flexibility index (Phi) is 5.04. The summed E-state index contributed by atoms with van der Waals surface area (Å²) in [6.07, 6.45) is 0. The minimum absolute atomic E-state index is 0.101. The summed E-state index contributed by atoms with van der Waals surface area (Å²) in [4.78, 5) is 12.8. The van der Waals surface area contributed by atoms with Crippen LogP contribution in [0.3, 0.4) is 0 Å². The van der Waals surface area contributed by atoms with Gasteiger partial charge in [-0.15, -0.1) is 5.10 Å². The molecule has 2 aromatic heterocycles. The Morgan fingerprint density at radius 2 is 1.82 bits per heavy atom. The largest absolute Gasteiger partial charge is 0.344 e. The number of hydrogen-bond acceptors (Lipinski definition) is 4. The molecule has 0 radical (unpaired) electrons. The monoisotopic (exact) mass is 388 g/mol. The van der Waals surface area contributed by atoms with Crippen LogP contribution in [0.25, 0.3) is 11.3 Å². The van der Waals surface area contributed by atoms with Crippen LogP contribution in [0.4, 0.5) is 5.69 Å². The standard InChI is InChI=1S/C22H20N4OS/c1-15-12-20(16(2)26(15)13-17-6-4-3-5-7-17)22(27)23-19-10-8-18(9-11-19)21-14-28-25-24-21/h3-12,14H,13H2,1-2H3,(H,23,27). The molecule has 0 aliphatic rings. The van der Waals surface area contributed by atoms with Gasteiger partial charge in [-0.1, -0.05) is 47.0 Å². The van der Waals surface area contributed by atoms with Gasteiger partial charge in [-0.05, 0) is 49.1 Å². The molecule has 0 unspecified atom stereocenters. The number of nitrogens with zero attached hydrogens (tertiary/aromatic N) is 3. The van der Waals surface area contributed by atoms with Gasteiger partial charge in [-0.3, -0.25) is 4.79 Å². The summed E-state index contributed by atoms with van der Waals surface area (Å²) in [5, 5.41) is 8.95. The van der Waals surface area contributed by atoms with Crippen LogP contribution in [-0.2, 0) is 6.54 Å². The molecule has 1 amide bonds. The molecule has 0 aliphatic heterocycles. The van der Waals surface area contributed by atoms with E-state index in [9.17, 15) is 4.79 Å². The van der Waals surface area contributed by atoms with Crippen molar-refractivity contribution in [2.75, 3.05) is 5.32 Å². The Balaban J connectivity index is 1.51. The van der Waals surface area contributed by atoms with Gasteiger partial charge in [0.1, 0.15) is 5.69 Å². The van der Waals surface area contributed by atoms with Crippen LogP contribution in [-0.4, -0.2) is 20.1 Å². The molecule has 1 N–H and O–H groups in total. The highest BCUT2D eigenvalue weighted by atomic mass is 32.1. The normalized spacial score (nSPS) is 10.8. The number of amides is 1. The number of carbonyl (C=O) groups excluding carboxylic acids is 1. The summed E-state index contributed by atoms with van der Waals surface area (Å²) in [5.74, 6) is -0.101. The molecule has 5 nitrogen and oxygen atoms in total. The lowest BCUT2D eigenvalue weighted by Crippen LogP contribution is -2.13. The lowest BCUT2D eigenvalue weighted by molar-refractivity contribution is 0.102. The number of anilines is 1. The van der Waals surface area contributed by atoms with Crippen molar-refractivity contribution in [1.29, 1.82) is 0 Å². The highest BCUT2D eigenvalue weighted by Crippen LogP contribution is 2.22. The minimum atomic E-state index is -0.101. The zero-order chi connectivity index (χ0) is 19.5. The van der Waals surface area contributed by atoms with Crippen molar-refractivity contribution in [3.8, 4) is 11.3 Å². The van der Waals surface area contributed by atoms with E-state index in [4.69, 9.17) is 0 Å². The topological polar surface area (TPSA) is 59.8 Å². The van der Waals surface area contributed by atoms with Crippen molar-refractivity contribution < 1.29 is 4.79 Å². The maximum atomic E-state index is 12.8. The Bertz CT molecular complexity index is 1080. The van der Waals surface area contributed by atoms with Crippen LogP contribution in [0.5, 0.6) is 0 Å². The van der Waals surface area contributed by atoms with Crippen LogP contribution >= 0.6 is 11.5 Å². The molecule has 4 rings (SSSR count). The molecule has 0 atom stereocenters. The Morgan fingerprint density at radius 3 is 2.50 bits per heavy atom. The quantitative estimate of drug-likeness (QED) is 0.528. The molecule has 0 saturated carbocycles. The van der Waals surface area contributed by atoms with Crippen molar-refractivity contribution in [3.05, 3.63) is 88.6 Å². The summed E-state index contributed by atoms with van der Waals surface area (Å²) in [5.41, 5.74) is 6.51. The molecule has 0 aliphatic carbocycles. The zero-order valence-electron chi connectivity index (χ0n) is 15.7. The first-order valence-corrected chi connectivity index (χ1v) is 9.85. The third kappa shape index (κ3) is 3.73. The van der Waals surface area contributed by atoms with Crippen LogP contribution in [0.2, 0.25) is 0 Å². The van der Waals surface area contributed by atoms with E-state index in [-0.39, 0.29) is 5.91 Å². The highest BCUT2D eigenvalue weighted by molar-refractivity contribution is 7.03. The average molecular weight is 388 g/mol. The van der Waals surface area contributed by atoms with Crippen molar-refractivity contribution in [2.45, 2.75) is 20.4 Å². The lowest BCUT2D eigenvalue weighted by Gasteiger charge is -2.10. The summed E-state index contributed by atoms with van der Waals surface area (Å²) in [7, 11) is 0. The van der Waals surface area contributed by atoms with E-state index in [0.717, 1.165) is 34.9 Å². The van der Waals surface area contributed by atoms with Gasteiger partial charge >= 0.3 is 0 Å². The molecule has 0 spiro atoms. The van der Waals surface area contributed by atoms with E-state index in [1.54, 1.807) is 0 Å². The van der Waals surface area contributed by atoms with E-state index < -0.39 is 0 Å². The van der Waals surface area contributed by atoms with Crippen LogP contribution in [0.1, 0.15) is 27.3 Å². The summed E-state index contributed by atoms with van der Waals surface area (Å²) in [6.45, 7) is 4.77. The van der Waals surface area contributed by atoms with Crippen LogP contribution in [0.15, 0.2) is 66.0 Å². The van der Waals surface area contributed by atoms with Gasteiger partial charge in [0, 0.05) is 34.6 Å². The van der Waals surface area contributed by atoms with E-state index in [2.05, 4.69) is 31.6 Å². The first kappa shape index (κ1) is 18.1. The SMILES string of the molecule is Cc1cc(C(=O)Nc2ccc(-c3csnn3)cc2)c(C)n1Cc1ccccc1. The molecule has 0 fully saturated rings. The molecule has 0 bridgehead atoms. The fraction of sp³-hybridized carbons (Fsp3) is 0.136. The van der Waals surface area contributed by atoms with E-state index >= 15 is 0 Å². The molecule has 2 aromatic carbocycles. The first-order chi connectivity index (χ1) is 13.6. The van der Waals surface area contributed by atoms with Gasteiger partial charge in [0.2, 0.25) is 0 Å². The van der Waals surface area contributed by atoms with Crippen molar-refractivity contribution in [2.24, 2.45) is 0 Å². The molecule has 2 heterocycles. The fourth-order valence-electron chi connectivity index (χ4n) is 3.25. The second-order valence-electron chi connectivity index (χ2n) is 6.68. The Labute approximate surface area is 167 Å². The average Bonchev–Trinajstić information content (AvgIpc) is 3.34. The predicted molar refractivity (Wildman–Crippen MR) is 113 cm³/mol. The zero-order valence-corrected chi connectivity index (χ0v) is 16.5. The molecule has 0 saturated heterocycles. The van der Waals surface area contributed by atoms with E-state index in [1.807, 2.05) is 67.8 Å². The number of aryl methyl sites for hydroxylation is 1. The van der Waals surface area contributed by atoms with Gasteiger partial charge < -0.3 is 9.88 Å². The molecule has 4 aromatic rings. The number of hydrogen-bond donors (Lipinski definition) is 1. The van der Waals surface area contributed by atoms with Crippen LogP contribution in [0, 0.1) is 13.8 Å². The van der Waals surface area contributed by atoms with Crippen molar-refractivity contribution in [1.82, 2.24) is 14.2 Å². The third-order valence-corrected chi connectivity index (χ3v) is 5.30. The molecule has 6 heteroatoms. The van der Waals surface area contributed by atoms with Crippen LogP contribution < -0.4 is 5.32 Å². The first-order valence-electron chi connectivity index (χ1n) is 9.01. The van der Waals surface area contributed by atoms with E-state index in [1.165, 1.54) is 17.1 Å². The van der Waals surface area contributed by atoms with Crippen molar-refractivity contribution >= 4 is 23.1 Å². The van der Waals surface area contributed by atoms with Gasteiger partial charge in [0.25, 0.3) is 5.91 Å². The van der Waals surface area contributed by atoms with Gasteiger partial charge in [-0.2, -0.15) is 0 Å². The van der Waals surface area contributed by atoms with Gasteiger partial charge in [0.05, 0.1) is 5.56 Å². The summed E-state index contributed by atoms with van der Waals surface area (Å²) >= 11 is 1.32. The molecular weight excluding hydrogens is 368 g/mol. The minimum Gasteiger partial charge on any atom is -0.344 e. The summed E-state index contributed by atoms with van der Waals surface area (Å²) < 4.78 is 6.05. The number of nitrogens with one attached hydrogen (secondary N) is 1. The Hall–Kier alpha value is -3.25. The highest BCUT2D eigenvalue weighted by Gasteiger charge is 2.16. The van der Waals surface area contributed by atoms with Gasteiger partial charge in [-0.25, -0.2) is 0 Å². The molecular formula is C22H20N4OS. The Morgan fingerprint density at radius 1 is 1.07 bits per heavy atom. The number of carbonyl (C=O) groups is 1. The molecule has 140 valence electrons. The molecule has 28 heavy (non-hydrogen) atoms. The second kappa shape index (κ2) is 7.78. The van der Waals surface area contributed by atoms with Crippen molar-refractivity contribution in [3.63, 3.8) is 0 Å². The smallest absolute Gasteiger partial charge is 0.257 e. The maximum Gasteiger partial charge on any atom is 0.257 e. The fourth-order valence-corrected chi connectivity index (χ4v) is 3.72. The number of benzene rings is 2.